The molecule has 0 heterocycles. The summed E-state index contributed by atoms with van der Waals surface area (Å²) in [7, 11) is 1.57. The number of urea groups is 1. The number of carboxylic acid groups (broad SMARTS) is 1. The van der Waals surface area contributed by atoms with E-state index in [-0.39, 0.29) is 24.9 Å². The quantitative estimate of drug-likeness (QED) is 0.517. The Morgan fingerprint density at radius 1 is 1.05 bits per heavy atom. The van der Waals surface area contributed by atoms with Crippen LogP contribution in [0.2, 0.25) is 0 Å². The third-order valence-electron chi connectivity index (χ3n) is 2.70. The van der Waals surface area contributed by atoms with Gasteiger partial charge in [-0.25, -0.2) is 4.79 Å². The average molecular weight is 287 g/mol. The molecule has 20 heavy (non-hydrogen) atoms. The first-order chi connectivity index (χ1) is 9.47. The predicted octanol–water partition coefficient (Wildman–Crippen LogP) is 0.799. The Hall–Kier alpha value is -1.79. The van der Waals surface area contributed by atoms with Crippen LogP contribution in [0.5, 0.6) is 0 Å². The highest BCUT2D eigenvalue weighted by atomic mass is 16.4. The van der Waals surface area contributed by atoms with Gasteiger partial charge in [-0.3, -0.25) is 9.59 Å². The number of aliphatic carboxylic acids is 1. The number of rotatable bonds is 10. The van der Waals surface area contributed by atoms with E-state index < -0.39 is 5.97 Å². The smallest absolute Gasteiger partial charge is 0.317 e. The van der Waals surface area contributed by atoms with Crippen molar-refractivity contribution in [3.05, 3.63) is 0 Å². The van der Waals surface area contributed by atoms with Gasteiger partial charge >= 0.3 is 12.0 Å². The van der Waals surface area contributed by atoms with Crippen LogP contribution in [0.15, 0.2) is 0 Å². The van der Waals surface area contributed by atoms with Crippen LogP contribution in [-0.2, 0) is 9.59 Å². The van der Waals surface area contributed by atoms with Crippen LogP contribution in [0.4, 0.5) is 4.79 Å². The fourth-order valence-corrected chi connectivity index (χ4v) is 1.63. The maximum atomic E-state index is 11.6. The van der Waals surface area contributed by atoms with E-state index in [0.29, 0.717) is 19.5 Å². The molecule has 116 valence electrons. The Morgan fingerprint density at radius 3 is 2.30 bits per heavy atom. The number of amides is 3. The van der Waals surface area contributed by atoms with Crippen molar-refractivity contribution in [3.8, 4) is 0 Å². The number of carbonyl (C=O) groups excluding carboxylic acids is 2. The fourth-order valence-electron chi connectivity index (χ4n) is 1.63. The molecule has 0 fully saturated rings. The summed E-state index contributed by atoms with van der Waals surface area (Å²) in [6.07, 6.45) is 3.40. The Balaban J connectivity index is 3.57. The lowest BCUT2D eigenvalue weighted by Crippen LogP contribution is -2.43. The number of nitrogens with one attached hydrogen (secondary N) is 2. The van der Waals surface area contributed by atoms with Crippen molar-refractivity contribution in [2.45, 2.75) is 39.0 Å². The van der Waals surface area contributed by atoms with Crippen molar-refractivity contribution in [3.63, 3.8) is 0 Å². The lowest BCUT2D eigenvalue weighted by molar-refractivity contribution is -0.137. The molecule has 7 heteroatoms. The van der Waals surface area contributed by atoms with Gasteiger partial charge in [0.05, 0.1) is 0 Å². The molecule has 0 radical (unpaired) electrons. The molecule has 0 aliphatic rings. The van der Waals surface area contributed by atoms with Crippen molar-refractivity contribution in [1.29, 1.82) is 0 Å². The zero-order valence-corrected chi connectivity index (χ0v) is 12.3. The minimum atomic E-state index is -0.773. The first-order valence-corrected chi connectivity index (χ1v) is 6.94. The molecule has 0 bridgehead atoms. The van der Waals surface area contributed by atoms with Gasteiger partial charge in [0.15, 0.2) is 0 Å². The van der Waals surface area contributed by atoms with Crippen LogP contribution in [0.3, 0.4) is 0 Å². The fraction of sp³-hybridized carbons (Fsp3) is 0.769. The van der Waals surface area contributed by atoms with Crippen LogP contribution in [0, 0.1) is 0 Å². The molecule has 0 aromatic heterocycles. The number of nitrogens with zero attached hydrogens (tertiary/aromatic N) is 1. The lowest BCUT2D eigenvalue weighted by Gasteiger charge is -2.17. The van der Waals surface area contributed by atoms with E-state index in [9.17, 15) is 14.4 Å². The van der Waals surface area contributed by atoms with Crippen molar-refractivity contribution < 1.29 is 19.5 Å². The molecular weight excluding hydrogens is 262 g/mol. The molecule has 0 aliphatic heterocycles. The molecule has 3 amide bonds. The monoisotopic (exact) mass is 287 g/mol. The number of unbranched alkanes of at least 4 members (excludes halogenated alkanes) is 3. The van der Waals surface area contributed by atoms with E-state index >= 15 is 0 Å². The maximum Gasteiger partial charge on any atom is 0.317 e. The first kappa shape index (κ1) is 18.2. The normalized spacial score (nSPS) is 9.90. The summed E-state index contributed by atoms with van der Waals surface area (Å²) in [4.78, 5) is 34.5. The van der Waals surface area contributed by atoms with Gasteiger partial charge in [0, 0.05) is 26.6 Å². The number of carbonyl (C=O) groups is 3. The van der Waals surface area contributed by atoms with Crippen LogP contribution < -0.4 is 10.6 Å². The van der Waals surface area contributed by atoms with Crippen molar-refractivity contribution >= 4 is 17.9 Å². The Bertz CT molecular complexity index is 321. The minimum Gasteiger partial charge on any atom is -0.481 e. The summed E-state index contributed by atoms with van der Waals surface area (Å²) < 4.78 is 0. The van der Waals surface area contributed by atoms with Crippen molar-refractivity contribution in [1.82, 2.24) is 15.5 Å². The van der Waals surface area contributed by atoms with Gasteiger partial charge in [0.2, 0.25) is 5.91 Å². The second kappa shape index (κ2) is 11.1. The van der Waals surface area contributed by atoms with Gasteiger partial charge in [0.1, 0.15) is 6.54 Å². The van der Waals surface area contributed by atoms with Gasteiger partial charge in [0.25, 0.3) is 0 Å². The zero-order valence-electron chi connectivity index (χ0n) is 12.3. The zero-order chi connectivity index (χ0) is 15.4. The molecule has 0 spiro atoms. The molecule has 0 aliphatic carbocycles. The summed E-state index contributed by atoms with van der Waals surface area (Å²) in [5, 5.41) is 13.8. The highest BCUT2D eigenvalue weighted by Gasteiger charge is 2.11. The Labute approximate surface area is 119 Å². The van der Waals surface area contributed by atoms with E-state index in [1.54, 1.807) is 7.05 Å². The van der Waals surface area contributed by atoms with Gasteiger partial charge in [-0.2, -0.15) is 0 Å². The number of carboxylic acids is 1. The highest BCUT2D eigenvalue weighted by Crippen LogP contribution is 2.02. The number of likely N-dealkylation sites (N-methyl/N-ethyl adjacent to an activating group) is 2. The standard InChI is InChI=1S/C13H25N3O4/c1-3-14-11(17)10-16(2)13(20)15-9-7-5-4-6-8-12(18)19/h3-10H2,1-2H3,(H,14,17)(H,15,20)(H,18,19). The van der Waals surface area contributed by atoms with E-state index in [0.717, 1.165) is 19.3 Å². The first-order valence-electron chi connectivity index (χ1n) is 6.94. The largest absolute Gasteiger partial charge is 0.481 e. The van der Waals surface area contributed by atoms with Gasteiger partial charge < -0.3 is 20.6 Å². The summed E-state index contributed by atoms with van der Waals surface area (Å²) in [6.45, 7) is 2.94. The third-order valence-corrected chi connectivity index (χ3v) is 2.70. The highest BCUT2D eigenvalue weighted by molar-refractivity contribution is 5.83. The summed E-state index contributed by atoms with van der Waals surface area (Å²) in [5.74, 6) is -0.955. The second-order valence-electron chi connectivity index (χ2n) is 4.60. The van der Waals surface area contributed by atoms with Crippen LogP contribution in [-0.4, -0.2) is 54.6 Å². The molecule has 0 unspecified atom stereocenters. The number of hydrogen-bond acceptors (Lipinski definition) is 3. The Morgan fingerprint density at radius 2 is 1.70 bits per heavy atom. The van der Waals surface area contributed by atoms with Crippen LogP contribution in [0.25, 0.3) is 0 Å². The topological polar surface area (TPSA) is 98.7 Å². The molecule has 0 saturated heterocycles. The second-order valence-corrected chi connectivity index (χ2v) is 4.60. The summed E-state index contributed by atoms with van der Waals surface area (Å²) >= 11 is 0. The van der Waals surface area contributed by atoms with E-state index in [1.165, 1.54) is 4.90 Å². The maximum absolute atomic E-state index is 11.6. The van der Waals surface area contributed by atoms with Crippen LogP contribution >= 0.6 is 0 Å². The molecule has 0 saturated carbocycles. The lowest BCUT2D eigenvalue weighted by atomic mass is 10.1. The van der Waals surface area contributed by atoms with Crippen molar-refractivity contribution in [2.24, 2.45) is 0 Å². The van der Waals surface area contributed by atoms with Gasteiger partial charge in [-0.05, 0) is 19.8 Å². The molecule has 3 N–H and O–H groups in total. The predicted molar refractivity (Wildman–Crippen MR) is 75.4 cm³/mol. The number of hydrogen-bond donors (Lipinski definition) is 3. The minimum absolute atomic E-state index is 0.0400. The van der Waals surface area contributed by atoms with Gasteiger partial charge in [-0.15, -0.1) is 0 Å². The van der Waals surface area contributed by atoms with E-state index in [1.807, 2.05) is 6.92 Å². The summed E-state index contributed by atoms with van der Waals surface area (Å²) in [5.41, 5.74) is 0. The van der Waals surface area contributed by atoms with Gasteiger partial charge in [-0.1, -0.05) is 12.8 Å². The molecule has 0 aromatic carbocycles. The molecular formula is C13H25N3O4. The average Bonchev–Trinajstić information content (AvgIpc) is 2.37. The van der Waals surface area contributed by atoms with E-state index in [4.69, 9.17) is 5.11 Å². The van der Waals surface area contributed by atoms with Crippen molar-refractivity contribution in [2.75, 3.05) is 26.7 Å². The molecule has 0 atom stereocenters. The van der Waals surface area contributed by atoms with Crippen LogP contribution in [0.1, 0.15) is 39.0 Å². The molecule has 7 nitrogen and oxygen atoms in total. The molecule has 0 aromatic rings. The SMILES string of the molecule is CCNC(=O)CN(C)C(=O)NCCCCCCC(=O)O. The van der Waals surface area contributed by atoms with E-state index in [2.05, 4.69) is 10.6 Å². The molecule has 0 rings (SSSR count). The Kier molecular flexibility index (Phi) is 10.1. The summed E-state index contributed by atoms with van der Waals surface area (Å²) in [6, 6.07) is -0.276. The third kappa shape index (κ3) is 10.2.